The number of hydrogen-bond acceptors (Lipinski definition) is 1. The standard InChI is InChI=1S/C8H4Br2ClN/c9-8(10,11)7-4-2-1-3-6(7)5-12/h1-4H. The summed E-state index contributed by atoms with van der Waals surface area (Å²) in [5.74, 6) is 0. The van der Waals surface area contributed by atoms with Gasteiger partial charge in [0.1, 0.15) is 0 Å². The summed E-state index contributed by atoms with van der Waals surface area (Å²) < 4.78 is -0.841. The van der Waals surface area contributed by atoms with Gasteiger partial charge in [-0.2, -0.15) is 5.26 Å². The van der Waals surface area contributed by atoms with E-state index in [4.69, 9.17) is 16.9 Å². The van der Waals surface area contributed by atoms with E-state index in [1.807, 2.05) is 6.07 Å². The second kappa shape index (κ2) is 3.78. The second-order valence-corrected chi connectivity index (χ2v) is 7.08. The van der Waals surface area contributed by atoms with Crippen molar-refractivity contribution in [2.24, 2.45) is 0 Å². The normalized spacial score (nSPS) is 10.8. The van der Waals surface area contributed by atoms with Crippen molar-refractivity contribution in [3.63, 3.8) is 0 Å². The van der Waals surface area contributed by atoms with Gasteiger partial charge in [0, 0.05) is 5.56 Å². The fraction of sp³-hybridized carbons (Fsp3) is 0.125. The zero-order chi connectivity index (χ0) is 9.19. The van der Waals surface area contributed by atoms with E-state index in [-0.39, 0.29) is 0 Å². The van der Waals surface area contributed by atoms with E-state index in [2.05, 4.69) is 37.9 Å². The summed E-state index contributed by atoms with van der Waals surface area (Å²) in [6.07, 6.45) is 0. The first-order valence-electron chi connectivity index (χ1n) is 3.12. The highest BCUT2D eigenvalue weighted by Crippen LogP contribution is 2.43. The molecule has 62 valence electrons. The highest BCUT2D eigenvalue weighted by atomic mass is 79.9. The molecule has 0 bridgehead atoms. The van der Waals surface area contributed by atoms with Crippen LogP contribution in [0.25, 0.3) is 0 Å². The zero-order valence-electron chi connectivity index (χ0n) is 5.89. The average molecular weight is 309 g/mol. The minimum Gasteiger partial charge on any atom is -0.192 e. The number of nitrogens with zero attached hydrogens (tertiary/aromatic N) is 1. The molecular formula is C8H4Br2ClN. The summed E-state index contributed by atoms with van der Waals surface area (Å²) in [4.78, 5) is 0. The van der Waals surface area contributed by atoms with Gasteiger partial charge in [-0.15, -0.1) is 0 Å². The molecule has 0 saturated heterocycles. The van der Waals surface area contributed by atoms with Crippen LogP contribution in [0, 0.1) is 11.3 Å². The maximum atomic E-state index is 8.73. The molecule has 0 spiro atoms. The van der Waals surface area contributed by atoms with Crippen molar-refractivity contribution in [1.29, 1.82) is 5.26 Å². The van der Waals surface area contributed by atoms with E-state index < -0.39 is 2.69 Å². The minimum absolute atomic E-state index is 0.557. The Balaban J connectivity index is 3.26. The van der Waals surface area contributed by atoms with Gasteiger partial charge in [0.25, 0.3) is 0 Å². The molecule has 0 atom stereocenters. The van der Waals surface area contributed by atoms with E-state index in [0.717, 1.165) is 0 Å². The van der Waals surface area contributed by atoms with Gasteiger partial charge in [-0.05, 0) is 37.9 Å². The maximum absolute atomic E-state index is 8.73. The Morgan fingerprint density at radius 1 is 1.33 bits per heavy atom. The van der Waals surface area contributed by atoms with E-state index in [0.29, 0.717) is 11.1 Å². The topological polar surface area (TPSA) is 23.8 Å². The Hall–Kier alpha value is -0.0400. The summed E-state index contributed by atoms with van der Waals surface area (Å²) in [6, 6.07) is 9.19. The van der Waals surface area contributed by atoms with E-state index in [1.165, 1.54) is 0 Å². The van der Waals surface area contributed by atoms with Crippen LogP contribution in [-0.4, -0.2) is 0 Å². The molecule has 12 heavy (non-hydrogen) atoms. The summed E-state index contributed by atoms with van der Waals surface area (Å²) in [6.45, 7) is 0. The van der Waals surface area contributed by atoms with Crippen LogP contribution in [0.3, 0.4) is 0 Å². The number of rotatable bonds is 1. The van der Waals surface area contributed by atoms with Crippen molar-refractivity contribution in [2.45, 2.75) is 2.69 Å². The smallest absolute Gasteiger partial charge is 0.179 e. The molecule has 1 aromatic carbocycles. The summed E-state index contributed by atoms with van der Waals surface area (Å²) in [7, 11) is 0. The molecule has 1 nitrogen and oxygen atoms in total. The number of benzene rings is 1. The van der Waals surface area contributed by atoms with Crippen molar-refractivity contribution in [3.8, 4) is 6.07 Å². The summed E-state index contributed by atoms with van der Waals surface area (Å²) in [5.41, 5.74) is 1.27. The molecule has 0 heterocycles. The van der Waals surface area contributed by atoms with Crippen LogP contribution in [0.5, 0.6) is 0 Å². The van der Waals surface area contributed by atoms with Crippen molar-refractivity contribution in [1.82, 2.24) is 0 Å². The number of alkyl halides is 3. The van der Waals surface area contributed by atoms with Gasteiger partial charge in [0.15, 0.2) is 2.69 Å². The SMILES string of the molecule is N#Cc1ccccc1C(Cl)(Br)Br. The number of halogens is 3. The molecule has 0 radical (unpaired) electrons. The first-order valence-corrected chi connectivity index (χ1v) is 5.08. The van der Waals surface area contributed by atoms with Crippen LogP contribution in [0.1, 0.15) is 11.1 Å². The lowest BCUT2D eigenvalue weighted by Crippen LogP contribution is -2.01. The third-order valence-corrected chi connectivity index (χ3v) is 2.41. The Kier molecular flexibility index (Phi) is 3.16. The molecule has 0 aromatic heterocycles. The van der Waals surface area contributed by atoms with E-state index in [9.17, 15) is 0 Å². The highest BCUT2D eigenvalue weighted by Gasteiger charge is 2.24. The van der Waals surface area contributed by atoms with Crippen LogP contribution < -0.4 is 0 Å². The lowest BCUT2D eigenvalue weighted by atomic mass is 10.1. The molecule has 0 N–H and O–H groups in total. The fourth-order valence-corrected chi connectivity index (χ4v) is 1.68. The van der Waals surface area contributed by atoms with Gasteiger partial charge in [0.05, 0.1) is 11.6 Å². The number of nitriles is 1. The molecule has 4 heteroatoms. The van der Waals surface area contributed by atoms with Crippen LogP contribution in [0.15, 0.2) is 24.3 Å². The molecule has 1 rings (SSSR count). The monoisotopic (exact) mass is 307 g/mol. The molecule has 1 aromatic rings. The van der Waals surface area contributed by atoms with Gasteiger partial charge in [-0.1, -0.05) is 29.8 Å². The first kappa shape index (κ1) is 10.0. The Bertz CT molecular complexity index is 325. The zero-order valence-corrected chi connectivity index (χ0v) is 9.82. The first-order chi connectivity index (χ1) is 5.55. The van der Waals surface area contributed by atoms with Crippen molar-refractivity contribution >= 4 is 43.5 Å². The predicted octanol–water partition coefficient (Wildman–Crippen LogP) is 3.70. The molecule has 0 amide bonds. The third kappa shape index (κ3) is 2.22. The highest BCUT2D eigenvalue weighted by molar-refractivity contribution is 9.25. The van der Waals surface area contributed by atoms with Crippen molar-refractivity contribution in [3.05, 3.63) is 35.4 Å². The van der Waals surface area contributed by atoms with Crippen molar-refractivity contribution < 1.29 is 0 Å². The molecule has 0 fully saturated rings. The third-order valence-electron chi connectivity index (χ3n) is 1.35. The largest absolute Gasteiger partial charge is 0.192 e. The molecule has 0 aliphatic rings. The maximum Gasteiger partial charge on any atom is 0.179 e. The van der Waals surface area contributed by atoms with Gasteiger partial charge < -0.3 is 0 Å². The lowest BCUT2D eigenvalue weighted by Gasteiger charge is -2.12. The molecule has 0 saturated carbocycles. The van der Waals surface area contributed by atoms with Crippen molar-refractivity contribution in [2.75, 3.05) is 0 Å². The van der Waals surface area contributed by atoms with Crippen LogP contribution in [0.4, 0.5) is 0 Å². The molecular weight excluding hydrogens is 305 g/mol. The Morgan fingerprint density at radius 3 is 2.33 bits per heavy atom. The quantitative estimate of drug-likeness (QED) is 0.726. The minimum atomic E-state index is -0.841. The van der Waals surface area contributed by atoms with Crippen LogP contribution >= 0.6 is 43.5 Å². The Labute approximate surface area is 92.6 Å². The fourth-order valence-electron chi connectivity index (χ4n) is 0.828. The summed E-state index contributed by atoms with van der Waals surface area (Å²) >= 11 is 12.3. The predicted molar refractivity (Wildman–Crippen MR) is 56.5 cm³/mol. The molecule has 0 aliphatic carbocycles. The van der Waals surface area contributed by atoms with E-state index in [1.54, 1.807) is 18.2 Å². The van der Waals surface area contributed by atoms with Gasteiger partial charge in [-0.3, -0.25) is 0 Å². The second-order valence-electron chi connectivity index (χ2n) is 2.16. The average Bonchev–Trinajstić information content (AvgIpc) is 2.03. The van der Waals surface area contributed by atoms with Gasteiger partial charge in [-0.25, -0.2) is 0 Å². The molecule has 0 unspecified atom stereocenters. The van der Waals surface area contributed by atoms with Gasteiger partial charge >= 0.3 is 0 Å². The van der Waals surface area contributed by atoms with Crippen LogP contribution in [-0.2, 0) is 2.69 Å². The summed E-state index contributed by atoms with van der Waals surface area (Å²) in [5, 5.41) is 8.73. The number of hydrogen-bond donors (Lipinski definition) is 0. The molecule has 0 aliphatic heterocycles. The Morgan fingerprint density at radius 2 is 1.92 bits per heavy atom. The lowest BCUT2D eigenvalue weighted by molar-refractivity contribution is 1.29. The van der Waals surface area contributed by atoms with Gasteiger partial charge in [0.2, 0.25) is 0 Å². The van der Waals surface area contributed by atoms with Crippen LogP contribution in [0.2, 0.25) is 0 Å². The van der Waals surface area contributed by atoms with E-state index >= 15 is 0 Å².